The maximum Gasteiger partial charge on any atom is 0.450 e. The molecule has 1 aromatic carbocycles. The SMILES string of the molecule is CN(C)C1=N[C@@H]2[C@@H](O)[C@H](O)[C@@H](CC(F)F)O[C@@H]2S1.C[C@H]1[C@H](OCc2ccccc2)[C@H]2N=C(N(C)C)S[C@H]2O[C@@H]1CC(F)F.ClB(Cl)Cl. The summed E-state index contributed by atoms with van der Waals surface area (Å²) in [5.41, 5.74) is 0.285. The molecule has 0 radical (unpaired) electrons. The van der Waals surface area contributed by atoms with Crippen LogP contribution in [0.15, 0.2) is 40.3 Å². The van der Waals surface area contributed by atoms with E-state index in [4.69, 9.17) is 53.6 Å². The summed E-state index contributed by atoms with van der Waals surface area (Å²) in [6.07, 6.45) is -10.1. The number of benzene rings is 1. The van der Waals surface area contributed by atoms with E-state index in [0.717, 1.165) is 10.7 Å². The molecule has 47 heavy (non-hydrogen) atoms. The van der Waals surface area contributed by atoms with Gasteiger partial charge < -0.3 is 34.2 Å². The highest BCUT2D eigenvalue weighted by Gasteiger charge is 2.50. The Labute approximate surface area is 296 Å². The summed E-state index contributed by atoms with van der Waals surface area (Å²) in [4.78, 5) is 11.9. The number of aliphatic hydroxyl groups excluding tert-OH is 2. The van der Waals surface area contributed by atoms with Crippen LogP contribution in [0.25, 0.3) is 0 Å². The predicted molar refractivity (Wildman–Crippen MR) is 183 cm³/mol. The molecule has 0 spiro atoms. The third-order valence-corrected chi connectivity index (χ3v) is 10.1. The molecular weight excluding hydrogens is 730 g/mol. The first kappa shape index (κ1) is 40.7. The second-order valence-electron chi connectivity index (χ2n) is 11.5. The minimum atomic E-state index is -2.57. The van der Waals surface area contributed by atoms with Crippen molar-refractivity contribution in [1.82, 2.24) is 9.80 Å². The van der Waals surface area contributed by atoms with Crippen molar-refractivity contribution in [1.29, 1.82) is 0 Å². The number of amidine groups is 2. The van der Waals surface area contributed by atoms with Crippen LogP contribution in [0.3, 0.4) is 0 Å². The molecule has 0 amide bonds. The van der Waals surface area contributed by atoms with E-state index in [2.05, 4.69) is 4.99 Å². The van der Waals surface area contributed by atoms with Crippen LogP contribution in [-0.4, -0.2) is 130 Å². The molecule has 0 saturated carbocycles. The number of nitrogens with zero attached hydrogens (tertiary/aromatic N) is 4. The first-order chi connectivity index (χ1) is 22.1. The van der Waals surface area contributed by atoms with E-state index in [0.29, 0.717) is 11.8 Å². The lowest BCUT2D eigenvalue weighted by Gasteiger charge is -2.41. The molecule has 2 fully saturated rings. The summed E-state index contributed by atoms with van der Waals surface area (Å²) in [6.45, 7) is 2.37. The molecule has 10 atom stereocenters. The van der Waals surface area contributed by atoms with Crippen LogP contribution in [0.2, 0.25) is 0 Å². The first-order valence-corrected chi connectivity index (χ1v) is 17.8. The summed E-state index contributed by atoms with van der Waals surface area (Å²) in [5.74, 6) is -0.148. The van der Waals surface area contributed by atoms with Crippen LogP contribution in [0, 0.1) is 5.92 Å². The van der Waals surface area contributed by atoms with Crippen LogP contribution in [0.4, 0.5) is 17.6 Å². The number of hydrogen-bond acceptors (Lipinski definition) is 11. The number of aliphatic hydroxyl groups is 2. The normalized spacial score (nSPS) is 32.7. The van der Waals surface area contributed by atoms with Gasteiger partial charge in [0, 0.05) is 47.0 Å². The lowest BCUT2D eigenvalue weighted by molar-refractivity contribution is -0.163. The van der Waals surface area contributed by atoms with E-state index in [9.17, 15) is 27.8 Å². The van der Waals surface area contributed by atoms with Crippen LogP contribution >= 0.6 is 57.9 Å². The highest BCUT2D eigenvalue weighted by atomic mass is 35.6. The van der Waals surface area contributed by atoms with Crippen molar-refractivity contribution in [3.63, 3.8) is 0 Å². The Kier molecular flexibility index (Phi) is 16.5. The average Bonchev–Trinajstić information content (AvgIpc) is 3.61. The molecule has 4 heterocycles. The summed E-state index contributed by atoms with van der Waals surface area (Å²) in [7, 11) is 7.43. The Morgan fingerprint density at radius 3 is 1.81 bits per heavy atom. The van der Waals surface area contributed by atoms with Crippen molar-refractivity contribution in [3.05, 3.63) is 35.9 Å². The lowest BCUT2D eigenvalue weighted by atomic mass is 9.88. The van der Waals surface area contributed by atoms with Crippen molar-refractivity contribution >= 4 is 73.2 Å². The topological polar surface area (TPSA) is 99.4 Å². The van der Waals surface area contributed by atoms with E-state index in [-0.39, 0.29) is 29.9 Å². The molecule has 0 unspecified atom stereocenters. The molecule has 1 aromatic rings. The van der Waals surface area contributed by atoms with Crippen LogP contribution in [0.1, 0.15) is 25.3 Å². The van der Waals surface area contributed by atoms with Crippen molar-refractivity contribution in [3.8, 4) is 0 Å². The molecule has 2 saturated heterocycles. The molecule has 266 valence electrons. The molecule has 0 aromatic heterocycles. The maximum absolute atomic E-state index is 13.0. The fourth-order valence-electron chi connectivity index (χ4n) is 5.24. The van der Waals surface area contributed by atoms with Gasteiger partial charge in [0.1, 0.15) is 35.2 Å². The van der Waals surface area contributed by atoms with E-state index in [1.807, 2.05) is 56.3 Å². The van der Waals surface area contributed by atoms with Crippen molar-refractivity contribution < 1.29 is 42.0 Å². The number of halogens is 7. The minimum absolute atomic E-state index is 0.148. The Morgan fingerprint density at radius 2 is 1.30 bits per heavy atom. The van der Waals surface area contributed by atoms with Gasteiger partial charge in [-0.25, -0.2) is 17.6 Å². The molecule has 19 heteroatoms. The van der Waals surface area contributed by atoms with E-state index in [1.54, 1.807) is 19.0 Å². The van der Waals surface area contributed by atoms with Gasteiger partial charge in [0.2, 0.25) is 12.9 Å². The zero-order valence-corrected chi connectivity index (χ0v) is 30.3. The highest BCUT2D eigenvalue weighted by molar-refractivity contribution is 8.14. The van der Waals surface area contributed by atoms with Crippen LogP contribution in [0.5, 0.6) is 0 Å². The van der Waals surface area contributed by atoms with Crippen LogP contribution < -0.4 is 0 Å². The maximum atomic E-state index is 13.0. The minimum Gasteiger partial charge on any atom is -0.388 e. The van der Waals surface area contributed by atoms with Gasteiger partial charge in [-0.2, -0.15) is 34.4 Å². The average molecular weight is 770 g/mol. The lowest BCUT2D eigenvalue weighted by Crippen LogP contribution is -2.55. The van der Waals surface area contributed by atoms with E-state index in [1.165, 1.54) is 23.5 Å². The smallest absolute Gasteiger partial charge is 0.388 e. The summed E-state index contributed by atoms with van der Waals surface area (Å²) < 4.78 is 68.2. The fourth-order valence-corrected chi connectivity index (χ4v) is 7.55. The third kappa shape index (κ3) is 12.0. The Morgan fingerprint density at radius 1 is 0.830 bits per heavy atom. The van der Waals surface area contributed by atoms with Gasteiger partial charge in [0.05, 0.1) is 24.9 Å². The molecule has 0 bridgehead atoms. The molecule has 2 N–H and O–H groups in total. The van der Waals surface area contributed by atoms with Gasteiger partial charge in [-0.05, 0) is 5.56 Å². The van der Waals surface area contributed by atoms with Gasteiger partial charge in [-0.1, -0.05) is 60.8 Å². The molecule has 5 rings (SSSR count). The Bertz CT molecular complexity index is 1170. The number of hydrogen-bond donors (Lipinski definition) is 2. The number of rotatable bonds is 7. The first-order valence-electron chi connectivity index (χ1n) is 14.7. The predicted octanol–water partition coefficient (Wildman–Crippen LogP) is 5.43. The van der Waals surface area contributed by atoms with Crippen LogP contribution in [-0.2, 0) is 20.8 Å². The monoisotopic (exact) mass is 768 g/mol. The summed E-state index contributed by atoms with van der Waals surface area (Å²) in [5, 5.41) is 21.2. The van der Waals surface area contributed by atoms with Gasteiger partial charge in [0.25, 0.3) is 0 Å². The Balaban J connectivity index is 0.000000239. The standard InChI is InChI=1S/C18H24F2N2O2S.C10H16F2N2O3S.BCl3/c1-11-13(9-14(19)20)24-17-15(21-18(25-17)22(2)3)16(11)23-10-12-7-5-4-6-8-12;1-14(2)10-13-6-8(16)7(15)4(3-5(11)12)17-9(6)18-10;2-1(3)4/h4-8,11,13-17H,9-10H2,1-3H3;4-9,15-16H,3H2,1-2H3;/t11-,13-,15-,16+,17-;4-,6-,7-,8-,9-;/m11./s1. The van der Waals surface area contributed by atoms with Crippen molar-refractivity contribution in [2.75, 3.05) is 28.2 Å². The van der Waals surface area contributed by atoms with E-state index < -0.39 is 60.1 Å². The third-order valence-electron chi connectivity index (χ3n) is 7.53. The number of fused-ring (bicyclic) bond motifs is 2. The molecule has 9 nitrogen and oxygen atoms in total. The summed E-state index contributed by atoms with van der Waals surface area (Å²) in [6, 6.07) is 9.10. The summed E-state index contributed by atoms with van der Waals surface area (Å²) >= 11 is 17.2. The van der Waals surface area contributed by atoms with Gasteiger partial charge in [-0.3, -0.25) is 9.98 Å². The highest BCUT2D eigenvalue weighted by Crippen LogP contribution is 2.42. The second-order valence-corrected chi connectivity index (χ2v) is 15.6. The molecule has 0 aliphatic carbocycles. The van der Waals surface area contributed by atoms with E-state index >= 15 is 0 Å². The zero-order valence-electron chi connectivity index (χ0n) is 26.4. The van der Waals surface area contributed by atoms with Crippen molar-refractivity contribution in [2.24, 2.45) is 15.9 Å². The van der Waals surface area contributed by atoms with Gasteiger partial charge in [0.15, 0.2) is 10.3 Å². The van der Waals surface area contributed by atoms with Gasteiger partial charge >= 0.3 is 4.96 Å². The van der Waals surface area contributed by atoms with Crippen molar-refractivity contribution in [2.45, 2.75) is 92.7 Å². The second kappa shape index (κ2) is 19.1. The zero-order chi connectivity index (χ0) is 35.0. The molecular formula is C28H40BCl3F4N4O5S2. The Hall–Kier alpha value is -0.685. The molecule has 4 aliphatic heterocycles. The van der Waals surface area contributed by atoms with Gasteiger partial charge in [-0.15, -0.1) is 0 Å². The largest absolute Gasteiger partial charge is 0.450 e. The molecule has 4 aliphatic rings. The number of thioether (sulfide) groups is 2. The number of ether oxygens (including phenoxy) is 3. The fraction of sp³-hybridized carbons (Fsp3) is 0.714. The number of aliphatic imine (C=N–C) groups is 2. The quantitative estimate of drug-likeness (QED) is 0.278. The number of alkyl halides is 4.